The van der Waals surface area contributed by atoms with Gasteiger partial charge >= 0.3 is 6.03 Å². The Morgan fingerprint density at radius 1 is 1.50 bits per heavy atom. The van der Waals surface area contributed by atoms with Gasteiger partial charge in [0.1, 0.15) is 5.82 Å². The highest BCUT2D eigenvalue weighted by atomic mass is 35.5. The molecule has 0 aliphatic carbocycles. The number of carbonyl (C=O) groups is 1. The number of nitrogens with zero attached hydrogens (tertiary/aromatic N) is 1. The SMILES string of the molecule is C[C@H](NC(=O)NCCNc1ncc(Cl)cc1Cl)[C@H]1CCCO1. The van der Waals surface area contributed by atoms with E-state index in [-0.39, 0.29) is 18.2 Å². The van der Waals surface area contributed by atoms with Crippen molar-refractivity contribution in [1.82, 2.24) is 15.6 Å². The van der Waals surface area contributed by atoms with Crippen molar-refractivity contribution >= 4 is 35.1 Å². The molecule has 0 bridgehead atoms. The number of carbonyl (C=O) groups excluding carboxylic acids is 1. The van der Waals surface area contributed by atoms with Crippen LogP contribution < -0.4 is 16.0 Å². The van der Waals surface area contributed by atoms with E-state index < -0.39 is 0 Å². The van der Waals surface area contributed by atoms with Gasteiger partial charge < -0.3 is 20.7 Å². The third-order valence-electron chi connectivity index (χ3n) is 3.39. The highest BCUT2D eigenvalue weighted by molar-refractivity contribution is 6.35. The van der Waals surface area contributed by atoms with E-state index in [1.54, 1.807) is 6.07 Å². The molecule has 0 radical (unpaired) electrons. The van der Waals surface area contributed by atoms with Crippen molar-refractivity contribution in [2.75, 3.05) is 25.0 Å². The number of urea groups is 1. The molecule has 2 heterocycles. The van der Waals surface area contributed by atoms with Crippen molar-refractivity contribution in [3.05, 3.63) is 22.3 Å². The average molecular weight is 347 g/mol. The number of ether oxygens (including phenoxy) is 1. The zero-order valence-corrected chi connectivity index (χ0v) is 13.9. The second-order valence-corrected chi connectivity index (χ2v) is 5.99. The summed E-state index contributed by atoms with van der Waals surface area (Å²) in [5.74, 6) is 0.543. The first-order chi connectivity index (χ1) is 10.6. The van der Waals surface area contributed by atoms with E-state index in [2.05, 4.69) is 20.9 Å². The van der Waals surface area contributed by atoms with Gasteiger partial charge in [0, 0.05) is 25.9 Å². The lowest BCUT2D eigenvalue weighted by Gasteiger charge is -2.20. The van der Waals surface area contributed by atoms with E-state index in [4.69, 9.17) is 27.9 Å². The lowest BCUT2D eigenvalue weighted by molar-refractivity contribution is 0.0860. The molecule has 1 aliphatic rings. The van der Waals surface area contributed by atoms with Crippen LogP contribution in [0.4, 0.5) is 10.6 Å². The third kappa shape index (κ3) is 5.19. The molecular weight excluding hydrogens is 327 g/mol. The maximum atomic E-state index is 11.8. The third-order valence-corrected chi connectivity index (χ3v) is 3.89. The fourth-order valence-electron chi connectivity index (χ4n) is 2.25. The zero-order valence-electron chi connectivity index (χ0n) is 12.4. The minimum absolute atomic E-state index is 0.00263. The lowest BCUT2D eigenvalue weighted by Crippen LogP contribution is -2.46. The fourth-order valence-corrected chi connectivity index (χ4v) is 2.70. The Balaban J connectivity index is 1.64. The van der Waals surface area contributed by atoms with Crippen LogP contribution in [-0.2, 0) is 4.74 Å². The number of halogens is 2. The van der Waals surface area contributed by atoms with Crippen molar-refractivity contribution < 1.29 is 9.53 Å². The molecule has 8 heteroatoms. The second-order valence-electron chi connectivity index (χ2n) is 5.15. The topological polar surface area (TPSA) is 75.3 Å². The molecule has 0 unspecified atom stereocenters. The number of rotatable bonds is 6. The van der Waals surface area contributed by atoms with Crippen LogP contribution in [0.1, 0.15) is 19.8 Å². The highest BCUT2D eigenvalue weighted by Crippen LogP contribution is 2.22. The maximum Gasteiger partial charge on any atom is 0.315 e. The van der Waals surface area contributed by atoms with Gasteiger partial charge in [0.05, 0.1) is 22.2 Å². The summed E-state index contributed by atoms with van der Waals surface area (Å²) in [6.45, 7) is 3.68. The van der Waals surface area contributed by atoms with Gasteiger partial charge in [0.2, 0.25) is 0 Å². The van der Waals surface area contributed by atoms with Crippen molar-refractivity contribution in [3.8, 4) is 0 Å². The summed E-state index contributed by atoms with van der Waals surface area (Å²) in [7, 11) is 0. The molecule has 1 aromatic heterocycles. The predicted molar refractivity (Wildman–Crippen MR) is 87.7 cm³/mol. The van der Waals surface area contributed by atoms with Gasteiger partial charge in [-0.25, -0.2) is 9.78 Å². The first kappa shape index (κ1) is 17.1. The molecule has 2 atom stereocenters. The Labute approximate surface area is 139 Å². The van der Waals surface area contributed by atoms with Gasteiger partial charge in [-0.05, 0) is 25.8 Å². The average Bonchev–Trinajstić information content (AvgIpc) is 2.99. The molecule has 22 heavy (non-hydrogen) atoms. The van der Waals surface area contributed by atoms with Crippen LogP contribution in [-0.4, -0.2) is 42.9 Å². The molecule has 2 rings (SSSR count). The van der Waals surface area contributed by atoms with Crippen LogP contribution in [0.2, 0.25) is 10.0 Å². The van der Waals surface area contributed by atoms with E-state index in [1.165, 1.54) is 6.20 Å². The van der Waals surface area contributed by atoms with Gasteiger partial charge in [-0.2, -0.15) is 0 Å². The van der Waals surface area contributed by atoms with E-state index in [0.29, 0.717) is 29.0 Å². The molecule has 1 aliphatic heterocycles. The van der Waals surface area contributed by atoms with Crippen LogP contribution >= 0.6 is 23.2 Å². The lowest BCUT2D eigenvalue weighted by atomic mass is 10.1. The van der Waals surface area contributed by atoms with Crippen LogP contribution in [0.5, 0.6) is 0 Å². The smallest absolute Gasteiger partial charge is 0.315 e. The van der Waals surface area contributed by atoms with Crippen molar-refractivity contribution in [2.24, 2.45) is 0 Å². The molecule has 1 aromatic rings. The van der Waals surface area contributed by atoms with E-state index >= 15 is 0 Å². The molecular formula is C14H20Cl2N4O2. The molecule has 3 N–H and O–H groups in total. The summed E-state index contributed by atoms with van der Waals surface area (Å²) in [5, 5.41) is 9.62. The van der Waals surface area contributed by atoms with Crippen LogP contribution in [0.3, 0.4) is 0 Å². The minimum Gasteiger partial charge on any atom is -0.376 e. The van der Waals surface area contributed by atoms with E-state index in [9.17, 15) is 4.79 Å². The molecule has 122 valence electrons. The Bertz CT molecular complexity index is 510. The normalized spacial score (nSPS) is 18.8. The summed E-state index contributed by atoms with van der Waals surface area (Å²) in [5.41, 5.74) is 0. The first-order valence-corrected chi connectivity index (χ1v) is 8.02. The number of anilines is 1. The molecule has 6 nitrogen and oxygen atoms in total. The summed E-state index contributed by atoms with van der Waals surface area (Å²) >= 11 is 11.8. The van der Waals surface area contributed by atoms with Gasteiger partial charge in [0.15, 0.2) is 0 Å². The monoisotopic (exact) mass is 346 g/mol. The molecule has 0 aromatic carbocycles. The van der Waals surface area contributed by atoms with Gasteiger partial charge in [-0.3, -0.25) is 0 Å². The highest BCUT2D eigenvalue weighted by Gasteiger charge is 2.23. The van der Waals surface area contributed by atoms with Crippen LogP contribution in [0.25, 0.3) is 0 Å². The van der Waals surface area contributed by atoms with Crippen molar-refractivity contribution in [1.29, 1.82) is 0 Å². The summed E-state index contributed by atoms with van der Waals surface area (Å²) in [6.07, 6.45) is 3.67. The summed E-state index contributed by atoms with van der Waals surface area (Å²) < 4.78 is 5.53. The van der Waals surface area contributed by atoms with Crippen LogP contribution in [0, 0.1) is 0 Å². The summed E-state index contributed by atoms with van der Waals surface area (Å²) in [6, 6.07) is 1.41. The van der Waals surface area contributed by atoms with Gasteiger partial charge in [-0.15, -0.1) is 0 Å². The van der Waals surface area contributed by atoms with Gasteiger partial charge in [0.25, 0.3) is 0 Å². The Morgan fingerprint density at radius 3 is 3.00 bits per heavy atom. The number of amides is 2. The number of hydrogen-bond acceptors (Lipinski definition) is 4. The number of aromatic nitrogens is 1. The quantitative estimate of drug-likeness (QED) is 0.692. The summed E-state index contributed by atoms with van der Waals surface area (Å²) in [4.78, 5) is 15.8. The maximum absolute atomic E-state index is 11.8. The molecule has 2 amide bonds. The molecule has 1 fully saturated rings. The molecule has 0 spiro atoms. The predicted octanol–water partition coefficient (Wildman–Crippen LogP) is 2.67. The first-order valence-electron chi connectivity index (χ1n) is 7.27. The Morgan fingerprint density at radius 2 is 2.32 bits per heavy atom. The number of pyridine rings is 1. The Hall–Kier alpha value is -1.24. The largest absolute Gasteiger partial charge is 0.376 e. The van der Waals surface area contributed by atoms with Crippen molar-refractivity contribution in [2.45, 2.75) is 31.9 Å². The van der Waals surface area contributed by atoms with E-state index in [1.807, 2.05) is 6.92 Å². The van der Waals surface area contributed by atoms with Gasteiger partial charge in [-0.1, -0.05) is 23.2 Å². The second kappa shape index (κ2) is 8.41. The minimum atomic E-state index is -0.208. The zero-order chi connectivity index (χ0) is 15.9. The Kier molecular flexibility index (Phi) is 6.54. The van der Waals surface area contributed by atoms with E-state index in [0.717, 1.165) is 19.4 Å². The molecule has 1 saturated heterocycles. The van der Waals surface area contributed by atoms with Crippen molar-refractivity contribution in [3.63, 3.8) is 0 Å². The number of hydrogen-bond donors (Lipinski definition) is 3. The molecule has 0 saturated carbocycles. The standard InChI is InChI=1S/C14H20Cl2N4O2/c1-9(12-3-2-6-22-12)20-14(21)18-5-4-17-13-11(16)7-10(15)8-19-13/h7-9,12H,2-6H2,1H3,(H,17,19)(H2,18,20,21)/t9-,12+/m0/s1. The fraction of sp³-hybridized carbons (Fsp3) is 0.571. The van der Waals surface area contributed by atoms with Crippen LogP contribution in [0.15, 0.2) is 12.3 Å². The number of nitrogens with one attached hydrogen (secondary N) is 3.